The van der Waals surface area contributed by atoms with E-state index in [1.54, 1.807) is 0 Å². The predicted octanol–water partition coefficient (Wildman–Crippen LogP) is 2.25. The van der Waals surface area contributed by atoms with Gasteiger partial charge in [0, 0.05) is 31.9 Å². The van der Waals surface area contributed by atoms with Gasteiger partial charge in [0.05, 0.1) is 25.4 Å². The zero-order chi connectivity index (χ0) is 17.5. The molecule has 2 amide bonds. The average molecular weight is 347 g/mol. The van der Waals surface area contributed by atoms with Crippen molar-refractivity contribution in [1.29, 1.82) is 0 Å². The fraction of sp³-hybridized carbons (Fsp3) is 0.632. The molecule has 0 aromatic heterocycles. The van der Waals surface area contributed by atoms with E-state index in [1.165, 1.54) is 5.56 Å². The number of ether oxygens (including phenoxy) is 2. The molecule has 0 aliphatic carbocycles. The van der Waals surface area contributed by atoms with Gasteiger partial charge in [0.15, 0.2) is 0 Å². The third kappa shape index (κ3) is 5.70. The molecule has 1 aromatic carbocycles. The number of carbonyl (C=O) groups is 1. The zero-order valence-electron chi connectivity index (χ0n) is 15.0. The summed E-state index contributed by atoms with van der Waals surface area (Å²) in [6.07, 6.45) is 3.24. The monoisotopic (exact) mass is 347 g/mol. The standard InChI is InChI=1S/C19H29N3O3/c1-15(18-3-2-12-25-18)20-19(23)21-17-6-4-16(5-7-17)8-9-22-10-13-24-14-11-22/h4-7,15,18H,2-3,8-14H2,1H3,(H2,20,21,23)/t15-,18+/m0/s1. The SMILES string of the molecule is C[C@H](NC(=O)Nc1ccc(CCN2CCOCC2)cc1)[C@H]1CCCO1. The first-order chi connectivity index (χ1) is 12.2. The Morgan fingerprint density at radius 1 is 1.24 bits per heavy atom. The maximum Gasteiger partial charge on any atom is 0.319 e. The van der Waals surface area contributed by atoms with Crippen molar-refractivity contribution in [2.45, 2.75) is 38.3 Å². The summed E-state index contributed by atoms with van der Waals surface area (Å²) >= 11 is 0. The number of rotatable bonds is 6. The van der Waals surface area contributed by atoms with E-state index in [0.29, 0.717) is 0 Å². The van der Waals surface area contributed by atoms with Crippen molar-refractivity contribution in [3.05, 3.63) is 29.8 Å². The molecule has 6 heteroatoms. The molecular formula is C19H29N3O3. The number of nitrogens with one attached hydrogen (secondary N) is 2. The largest absolute Gasteiger partial charge is 0.379 e. The van der Waals surface area contributed by atoms with Gasteiger partial charge in [-0.25, -0.2) is 4.79 Å². The molecule has 138 valence electrons. The smallest absolute Gasteiger partial charge is 0.319 e. The van der Waals surface area contributed by atoms with Crippen molar-refractivity contribution in [3.8, 4) is 0 Å². The topological polar surface area (TPSA) is 62.8 Å². The predicted molar refractivity (Wildman–Crippen MR) is 98.0 cm³/mol. The minimum atomic E-state index is -0.177. The van der Waals surface area contributed by atoms with Gasteiger partial charge in [-0.05, 0) is 43.9 Å². The van der Waals surface area contributed by atoms with E-state index >= 15 is 0 Å². The van der Waals surface area contributed by atoms with E-state index in [1.807, 2.05) is 19.1 Å². The van der Waals surface area contributed by atoms with Gasteiger partial charge < -0.3 is 20.1 Å². The van der Waals surface area contributed by atoms with Crippen LogP contribution in [0.5, 0.6) is 0 Å². The maximum atomic E-state index is 12.1. The first-order valence-corrected chi connectivity index (χ1v) is 9.29. The van der Waals surface area contributed by atoms with Crippen LogP contribution in [0, 0.1) is 0 Å². The van der Waals surface area contributed by atoms with Gasteiger partial charge in [-0.2, -0.15) is 0 Å². The summed E-state index contributed by atoms with van der Waals surface area (Å²) in [7, 11) is 0. The van der Waals surface area contributed by atoms with E-state index in [9.17, 15) is 4.79 Å². The molecule has 2 heterocycles. The number of hydrogen-bond acceptors (Lipinski definition) is 4. The van der Waals surface area contributed by atoms with Crippen LogP contribution >= 0.6 is 0 Å². The number of carbonyl (C=O) groups excluding carboxylic acids is 1. The lowest BCUT2D eigenvalue weighted by Gasteiger charge is -2.26. The summed E-state index contributed by atoms with van der Waals surface area (Å²) in [6, 6.07) is 7.94. The van der Waals surface area contributed by atoms with Crippen LogP contribution in [0.4, 0.5) is 10.5 Å². The number of amides is 2. The van der Waals surface area contributed by atoms with Crippen LogP contribution in [-0.4, -0.2) is 62.5 Å². The lowest BCUT2D eigenvalue weighted by molar-refractivity contribution is 0.0384. The van der Waals surface area contributed by atoms with Crippen LogP contribution in [0.2, 0.25) is 0 Å². The third-order valence-electron chi connectivity index (χ3n) is 4.91. The molecule has 1 aromatic rings. The quantitative estimate of drug-likeness (QED) is 0.828. The Kier molecular flexibility index (Phi) is 6.67. The molecule has 0 saturated carbocycles. The number of morpholine rings is 1. The van der Waals surface area contributed by atoms with Crippen molar-refractivity contribution >= 4 is 11.7 Å². The van der Waals surface area contributed by atoms with Crippen molar-refractivity contribution in [2.24, 2.45) is 0 Å². The van der Waals surface area contributed by atoms with Gasteiger partial charge in [-0.3, -0.25) is 4.90 Å². The highest BCUT2D eigenvalue weighted by Crippen LogP contribution is 2.16. The van der Waals surface area contributed by atoms with Crippen LogP contribution in [0.3, 0.4) is 0 Å². The van der Waals surface area contributed by atoms with Crippen LogP contribution in [0.1, 0.15) is 25.3 Å². The molecule has 3 rings (SSSR count). The molecule has 0 unspecified atom stereocenters. The highest BCUT2D eigenvalue weighted by Gasteiger charge is 2.23. The van der Waals surface area contributed by atoms with Crippen LogP contribution < -0.4 is 10.6 Å². The van der Waals surface area contributed by atoms with Crippen molar-refractivity contribution in [1.82, 2.24) is 10.2 Å². The second-order valence-corrected chi connectivity index (χ2v) is 6.84. The Balaban J connectivity index is 1.41. The molecular weight excluding hydrogens is 318 g/mol. The molecule has 0 spiro atoms. The number of urea groups is 1. The van der Waals surface area contributed by atoms with Crippen LogP contribution in [0.15, 0.2) is 24.3 Å². The van der Waals surface area contributed by atoms with Gasteiger partial charge in [0.2, 0.25) is 0 Å². The van der Waals surface area contributed by atoms with E-state index in [0.717, 1.165) is 64.4 Å². The summed E-state index contributed by atoms with van der Waals surface area (Å²) in [5, 5.41) is 5.86. The second kappa shape index (κ2) is 9.17. The molecule has 2 atom stereocenters. The Morgan fingerprint density at radius 2 is 2.00 bits per heavy atom. The van der Waals surface area contributed by atoms with Gasteiger partial charge in [-0.15, -0.1) is 0 Å². The lowest BCUT2D eigenvalue weighted by atomic mass is 10.1. The fourth-order valence-electron chi connectivity index (χ4n) is 3.33. The Hall–Kier alpha value is -1.63. The molecule has 2 fully saturated rings. The molecule has 2 saturated heterocycles. The van der Waals surface area contributed by atoms with Gasteiger partial charge in [0.25, 0.3) is 0 Å². The third-order valence-corrected chi connectivity index (χ3v) is 4.91. The summed E-state index contributed by atoms with van der Waals surface area (Å²) < 4.78 is 11.0. The summed E-state index contributed by atoms with van der Waals surface area (Å²) in [6.45, 7) is 7.54. The van der Waals surface area contributed by atoms with Crippen molar-refractivity contribution in [3.63, 3.8) is 0 Å². The Labute approximate surface area is 149 Å². The molecule has 0 radical (unpaired) electrons. The second-order valence-electron chi connectivity index (χ2n) is 6.84. The van der Waals surface area contributed by atoms with Gasteiger partial charge in [0.1, 0.15) is 0 Å². The minimum absolute atomic E-state index is 0.0234. The first kappa shape index (κ1) is 18.2. The van der Waals surface area contributed by atoms with Crippen LogP contribution in [-0.2, 0) is 15.9 Å². The average Bonchev–Trinajstić information content (AvgIpc) is 3.17. The highest BCUT2D eigenvalue weighted by atomic mass is 16.5. The molecule has 2 N–H and O–H groups in total. The maximum absolute atomic E-state index is 12.1. The van der Waals surface area contributed by atoms with E-state index < -0.39 is 0 Å². The molecule has 2 aliphatic heterocycles. The number of hydrogen-bond donors (Lipinski definition) is 2. The summed E-state index contributed by atoms with van der Waals surface area (Å²) in [5.41, 5.74) is 2.09. The van der Waals surface area contributed by atoms with E-state index in [-0.39, 0.29) is 18.2 Å². The first-order valence-electron chi connectivity index (χ1n) is 9.29. The number of nitrogens with zero attached hydrogens (tertiary/aromatic N) is 1. The molecule has 2 aliphatic rings. The number of benzene rings is 1. The van der Waals surface area contributed by atoms with Crippen molar-refractivity contribution < 1.29 is 14.3 Å². The molecule has 25 heavy (non-hydrogen) atoms. The fourth-order valence-corrected chi connectivity index (χ4v) is 3.33. The molecule has 6 nitrogen and oxygen atoms in total. The minimum Gasteiger partial charge on any atom is -0.379 e. The van der Waals surface area contributed by atoms with Crippen molar-refractivity contribution in [2.75, 3.05) is 44.8 Å². The molecule has 0 bridgehead atoms. The van der Waals surface area contributed by atoms with E-state index in [2.05, 4.69) is 27.7 Å². The van der Waals surface area contributed by atoms with E-state index in [4.69, 9.17) is 9.47 Å². The summed E-state index contributed by atoms with van der Waals surface area (Å²) in [4.78, 5) is 14.5. The Morgan fingerprint density at radius 3 is 2.68 bits per heavy atom. The van der Waals surface area contributed by atoms with Crippen LogP contribution in [0.25, 0.3) is 0 Å². The number of anilines is 1. The van der Waals surface area contributed by atoms with Gasteiger partial charge in [-0.1, -0.05) is 12.1 Å². The lowest BCUT2D eigenvalue weighted by Crippen LogP contribution is -2.42. The summed E-state index contributed by atoms with van der Waals surface area (Å²) in [5.74, 6) is 0. The normalized spacial score (nSPS) is 22.5. The van der Waals surface area contributed by atoms with Gasteiger partial charge >= 0.3 is 6.03 Å². The zero-order valence-corrected chi connectivity index (χ0v) is 15.0. The Bertz CT molecular complexity index is 537. The highest BCUT2D eigenvalue weighted by molar-refractivity contribution is 5.89.